The van der Waals surface area contributed by atoms with E-state index in [4.69, 9.17) is 0 Å². The van der Waals surface area contributed by atoms with Gasteiger partial charge in [-0.25, -0.2) is 12.7 Å². The maximum atomic E-state index is 11.4. The van der Waals surface area contributed by atoms with Crippen molar-refractivity contribution in [2.45, 2.75) is 13.3 Å². The molecule has 0 heterocycles. The van der Waals surface area contributed by atoms with Gasteiger partial charge in [-0.3, -0.25) is 0 Å². The average molecular weight is 211 g/mol. The first-order valence-corrected chi connectivity index (χ1v) is 6.98. The highest BCUT2D eigenvalue weighted by Crippen LogP contribution is 2.02. The van der Waals surface area contributed by atoms with Gasteiger partial charge in [0.1, 0.15) is 0 Å². The van der Waals surface area contributed by atoms with Crippen LogP contribution in [0.4, 0.5) is 0 Å². The molecule has 74 valence electrons. The van der Waals surface area contributed by atoms with Crippen molar-refractivity contribution in [3.63, 3.8) is 0 Å². The number of hydrogen-bond acceptors (Lipinski definition) is 3. The summed E-state index contributed by atoms with van der Waals surface area (Å²) >= 11 is 1.66. The zero-order valence-corrected chi connectivity index (χ0v) is 9.54. The number of thioether (sulfide) groups is 1. The molecular weight excluding hydrogens is 194 g/mol. The maximum absolute atomic E-state index is 11.4. The third kappa shape index (κ3) is 4.33. The Morgan fingerprint density at radius 2 is 2.00 bits per heavy atom. The van der Waals surface area contributed by atoms with Gasteiger partial charge in [-0.1, -0.05) is 6.92 Å². The minimum absolute atomic E-state index is 0.262. The van der Waals surface area contributed by atoms with E-state index in [1.165, 1.54) is 4.31 Å². The van der Waals surface area contributed by atoms with Crippen LogP contribution in [0.3, 0.4) is 0 Å². The smallest absolute Gasteiger partial charge is 0.212 e. The quantitative estimate of drug-likeness (QED) is 0.658. The van der Waals surface area contributed by atoms with E-state index in [9.17, 15) is 8.42 Å². The Morgan fingerprint density at radius 3 is 2.42 bits per heavy atom. The van der Waals surface area contributed by atoms with Gasteiger partial charge in [-0.2, -0.15) is 11.8 Å². The molecule has 0 spiro atoms. The van der Waals surface area contributed by atoms with E-state index in [1.807, 2.05) is 13.2 Å². The van der Waals surface area contributed by atoms with Gasteiger partial charge in [0.15, 0.2) is 0 Å². The van der Waals surface area contributed by atoms with E-state index in [0.29, 0.717) is 13.0 Å². The van der Waals surface area contributed by atoms with Crippen LogP contribution in [0.5, 0.6) is 0 Å². The molecule has 5 heteroatoms. The molecule has 0 aromatic rings. The van der Waals surface area contributed by atoms with Crippen molar-refractivity contribution >= 4 is 21.8 Å². The lowest BCUT2D eigenvalue weighted by molar-refractivity contribution is 0.488. The highest BCUT2D eigenvalue weighted by atomic mass is 32.2. The van der Waals surface area contributed by atoms with Crippen LogP contribution in [-0.2, 0) is 10.0 Å². The van der Waals surface area contributed by atoms with Gasteiger partial charge in [0, 0.05) is 19.3 Å². The molecule has 0 aliphatic heterocycles. The SMILES string of the molecule is CCCS(=O)(=O)N(C)CCSC. The van der Waals surface area contributed by atoms with Gasteiger partial charge in [-0.15, -0.1) is 0 Å². The average Bonchev–Trinajstić information content (AvgIpc) is 2.00. The minimum Gasteiger partial charge on any atom is -0.212 e. The molecular formula is C7H17NO2S2. The lowest BCUT2D eigenvalue weighted by atomic mass is 10.6. The summed E-state index contributed by atoms with van der Waals surface area (Å²) in [6.45, 7) is 2.49. The van der Waals surface area contributed by atoms with Crippen molar-refractivity contribution < 1.29 is 8.42 Å². The second-order valence-electron chi connectivity index (χ2n) is 2.63. The maximum Gasteiger partial charge on any atom is 0.213 e. The van der Waals surface area contributed by atoms with Crippen LogP contribution in [0.2, 0.25) is 0 Å². The van der Waals surface area contributed by atoms with E-state index in [2.05, 4.69) is 0 Å². The first-order valence-electron chi connectivity index (χ1n) is 3.97. The van der Waals surface area contributed by atoms with Crippen LogP contribution < -0.4 is 0 Å². The Hall–Kier alpha value is 0.260. The van der Waals surface area contributed by atoms with E-state index < -0.39 is 10.0 Å². The van der Waals surface area contributed by atoms with Gasteiger partial charge >= 0.3 is 0 Å². The fourth-order valence-corrected chi connectivity index (χ4v) is 2.54. The molecule has 0 rings (SSSR count). The summed E-state index contributed by atoms with van der Waals surface area (Å²) in [6.07, 6.45) is 2.66. The Morgan fingerprint density at radius 1 is 1.42 bits per heavy atom. The third-order valence-electron chi connectivity index (χ3n) is 1.55. The van der Waals surface area contributed by atoms with Gasteiger partial charge in [0.2, 0.25) is 10.0 Å². The van der Waals surface area contributed by atoms with Crippen LogP contribution in [0.15, 0.2) is 0 Å². The molecule has 0 atom stereocenters. The molecule has 12 heavy (non-hydrogen) atoms. The number of sulfonamides is 1. The molecule has 0 bridgehead atoms. The van der Waals surface area contributed by atoms with Crippen LogP contribution in [-0.4, -0.2) is 44.1 Å². The Kier molecular flexibility index (Phi) is 5.96. The second kappa shape index (κ2) is 5.83. The fraction of sp³-hybridized carbons (Fsp3) is 1.00. The summed E-state index contributed by atoms with van der Waals surface area (Å²) < 4.78 is 24.1. The predicted molar refractivity (Wildman–Crippen MR) is 55.1 cm³/mol. The summed E-state index contributed by atoms with van der Waals surface area (Å²) in [5.74, 6) is 1.12. The van der Waals surface area contributed by atoms with Crippen molar-refractivity contribution in [3.8, 4) is 0 Å². The van der Waals surface area contributed by atoms with Crippen molar-refractivity contribution in [2.75, 3.05) is 31.4 Å². The first kappa shape index (κ1) is 12.3. The number of nitrogens with zero attached hydrogens (tertiary/aromatic N) is 1. The standard InChI is InChI=1S/C7H17NO2S2/c1-4-7-12(9,10)8(2)5-6-11-3/h4-7H2,1-3H3. The van der Waals surface area contributed by atoms with Crippen molar-refractivity contribution in [3.05, 3.63) is 0 Å². The molecule has 0 aliphatic carbocycles. The topological polar surface area (TPSA) is 37.4 Å². The monoisotopic (exact) mass is 211 g/mol. The molecule has 0 aromatic carbocycles. The largest absolute Gasteiger partial charge is 0.213 e. The molecule has 0 saturated carbocycles. The Balaban J connectivity index is 3.98. The molecule has 3 nitrogen and oxygen atoms in total. The summed E-state index contributed by atoms with van der Waals surface area (Å²) in [5.41, 5.74) is 0. The molecule has 0 radical (unpaired) electrons. The minimum atomic E-state index is -2.96. The summed E-state index contributed by atoms with van der Waals surface area (Å²) in [6, 6.07) is 0. The summed E-state index contributed by atoms with van der Waals surface area (Å²) in [7, 11) is -1.32. The van der Waals surface area contributed by atoms with Crippen LogP contribution in [0.25, 0.3) is 0 Å². The third-order valence-corrected chi connectivity index (χ3v) is 4.19. The summed E-state index contributed by atoms with van der Waals surface area (Å²) in [5, 5.41) is 0. The molecule has 0 aliphatic rings. The summed E-state index contributed by atoms with van der Waals surface area (Å²) in [4.78, 5) is 0. The second-order valence-corrected chi connectivity index (χ2v) is 5.81. The van der Waals surface area contributed by atoms with Crippen LogP contribution in [0, 0.1) is 0 Å². The van der Waals surface area contributed by atoms with E-state index in [1.54, 1.807) is 18.8 Å². The molecule has 0 saturated heterocycles. The molecule has 0 unspecified atom stereocenters. The fourth-order valence-electron chi connectivity index (χ4n) is 0.773. The van der Waals surface area contributed by atoms with Crippen molar-refractivity contribution in [1.82, 2.24) is 4.31 Å². The Bertz CT molecular complexity index is 201. The van der Waals surface area contributed by atoms with E-state index in [-0.39, 0.29) is 5.75 Å². The zero-order chi connectivity index (χ0) is 9.61. The van der Waals surface area contributed by atoms with Gasteiger partial charge in [0.25, 0.3) is 0 Å². The molecule has 0 amide bonds. The van der Waals surface area contributed by atoms with Gasteiger partial charge in [-0.05, 0) is 12.7 Å². The highest BCUT2D eigenvalue weighted by Gasteiger charge is 2.14. The lowest BCUT2D eigenvalue weighted by Crippen LogP contribution is -2.30. The number of rotatable bonds is 6. The normalized spacial score (nSPS) is 12.3. The molecule has 0 N–H and O–H groups in total. The van der Waals surface area contributed by atoms with Gasteiger partial charge < -0.3 is 0 Å². The van der Waals surface area contributed by atoms with Crippen molar-refractivity contribution in [2.24, 2.45) is 0 Å². The van der Waals surface area contributed by atoms with Crippen molar-refractivity contribution in [1.29, 1.82) is 0 Å². The highest BCUT2D eigenvalue weighted by molar-refractivity contribution is 7.98. The predicted octanol–water partition coefficient (Wildman–Crippen LogP) is 1.02. The lowest BCUT2D eigenvalue weighted by Gasteiger charge is -2.15. The van der Waals surface area contributed by atoms with Gasteiger partial charge in [0.05, 0.1) is 5.75 Å². The number of hydrogen-bond donors (Lipinski definition) is 0. The Labute approximate surface area is 79.6 Å². The first-order chi connectivity index (χ1) is 5.54. The van der Waals surface area contributed by atoms with Crippen LogP contribution >= 0.6 is 11.8 Å². The van der Waals surface area contributed by atoms with E-state index in [0.717, 1.165) is 5.75 Å². The zero-order valence-electron chi connectivity index (χ0n) is 7.91. The molecule has 0 aromatic heterocycles. The molecule has 0 fully saturated rings. The van der Waals surface area contributed by atoms with Crippen LogP contribution in [0.1, 0.15) is 13.3 Å². The van der Waals surface area contributed by atoms with E-state index >= 15 is 0 Å².